The van der Waals surface area contributed by atoms with Crippen molar-refractivity contribution in [2.75, 3.05) is 6.61 Å². The third-order valence-corrected chi connectivity index (χ3v) is 0. The molecule has 0 bridgehead atoms. The van der Waals surface area contributed by atoms with Crippen LogP contribution in [0.2, 0.25) is 0 Å². The Morgan fingerprint density at radius 2 is 1.09 bits per heavy atom. The fourth-order valence-electron chi connectivity index (χ4n) is 0. The van der Waals surface area contributed by atoms with Crippen molar-refractivity contribution < 1.29 is 15.3 Å². The summed E-state index contributed by atoms with van der Waals surface area (Å²) in [6.45, 7) is 7.46. The Morgan fingerprint density at radius 3 is 1.09 bits per heavy atom. The second kappa shape index (κ2) is 32.7. The van der Waals surface area contributed by atoms with Gasteiger partial charge in [-0.3, -0.25) is 0 Å². The van der Waals surface area contributed by atoms with Crippen LogP contribution in [0, 0.1) is 0 Å². The Bertz CT molecular complexity index is 25.8. The minimum atomic E-state index is -1.17. The van der Waals surface area contributed by atoms with Crippen LogP contribution in [0.3, 0.4) is 0 Å². The van der Waals surface area contributed by atoms with E-state index < -0.39 is 6.29 Å². The van der Waals surface area contributed by atoms with Gasteiger partial charge in [0.05, 0.1) is 0 Å². The zero-order valence-corrected chi connectivity index (χ0v) is 7.33. The normalized spacial score (nSPS) is 6.55. The molecule has 0 aliphatic carbocycles. The SMILES string of the molecule is C.CC(O)O.CCC.CCO. The maximum Gasteiger partial charge on any atom is 0.148 e. The first-order valence-electron chi connectivity index (χ1n) is 3.53. The van der Waals surface area contributed by atoms with Crippen molar-refractivity contribution in [3.8, 4) is 0 Å². The third-order valence-electron chi connectivity index (χ3n) is 0. The molecule has 0 aliphatic rings. The molecule has 11 heavy (non-hydrogen) atoms. The van der Waals surface area contributed by atoms with E-state index in [9.17, 15) is 0 Å². The van der Waals surface area contributed by atoms with Crippen LogP contribution in [0.4, 0.5) is 0 Å². The Morgan fingerprint density at radius 1 is 1.09 bits per heavy atom. The van der Waals surface area contributed by atoms with Gasteiger partial charge in [0, 0.05) is 6.61 Å². The summed E-state index contributed by atoms with van der Waals surface area (Å²) in [6.07, 6.45) is 0.0833. The van der Waals surface area contributed by atoms with E-state index >= 15 is 0 Å². The predicted octanol–water partition coefficient (Wildman–Crippen LogP) is 1.37. The first-order chi connectivity index (χ1) is 4.56. The largest absolute Gasteiger partial charge is 0.397 e. The van der Waals surface area contributed by atoms with Gasteiger partial charge < -0.3 is 15.3 Å². The molecule has 0 fully saturated rings. The minimum absolute atomic E-state index is 0. The van der Waals surface area contributed by atoms with Gasteiger partial charge in [-0.1, -0.05) is 27.7 Å². The molecule has 0 amide bonds. The smallest absolute Gasteiger partial charge is 0.148 e. The van der Waals surface area contributed by atoms with Crippen molar-refractivity contribution >= 4 is 0 Å². The highest BCUT2D eigenvalue weighted by atomic mass is 16.5. The van der Waals surface area contributed by atoms with Gasteiger partial charge in [-0.2, -0.15) is 0 Å². The van der Waals surface area contributed by atoms with E-state index in [0.29, 0.717) is 0 Å². The lowest BCUT2D eigenvalue weighted by Gasteiger charge is -1.80. The Balaban J connectivity index is -0.0000000325. The lowest BCUT2D eigenvalue weighted by atomic mass is 10.6. The number of rotatable bonds is 0. The highest BCUT2D eigenvalue weighted by molar-refractivity contribution is 4.02. The molecule has 3 heteroatoms. The maximum atomic E-state index is 7.61. The molecular formula is C8H24O3. The number of hydrogen-bond acceptors (Lipinski definition) is 3. The van der Waals surface area contributed by atoms with Gasteiger partial charge in [0.1, 0.15) is 6.29 Å². The van der Waals surface area contributed by atoms with Gasteiger partial charge in [-0.05, 0) is 13.8 Å². The molecule has 0 unspecified atom stereocenters. The minimum Gasteiger partial charge on any atom is -0.397 e. The van der Waals surface area contributed by atoms with Crippen molar-refractivity contribution in [2.45, 2.75) is 47.8 Å². The van der Waals surface area contributed by atoms with E-state index in [-0.39, 0.29) is 14.0 Å². The van der Waals surface area contributed by atoms with Crippen LogP contribution in [-0.4, -0.2) is 28.2 Å². The Labute approximate surface area is 70.7 Å². The van der Waals surface area contributed by atoms with Crippen molar-refractivity contribution in [3.63, 3.8) is 0 Å². The lowest BCUT2D eigenvalue weighted by Crippen LogP contribution is -1.92. The Hall–Kier alpha value is -0.120. The summed E-state index contributed by atoms with van der Waals surface area (Å²) in [4.78, 5) is 0. The predicted molar refractivity (Wildman–Crippen MR) is 49.4 cm³/mol. The van der Waals surface area contributed by atoms with Crippen LogP contribution in [-0.2, 0) is 0 Å². The molecule has 74 valence electrons. The molecule has 0 aromatic carbocycles. The fourth-order valence-corrected chi connectivity index (χ4v) is 0. The van der Waals surface area contributed by atoms with Gasteiger partial charge in [0.15, 0.2) is 0 Å². The second-order valence-corrected chi connectivity index (χ2v) is 1.66. The van der Waals surface area contributed by atoms with E-state index in [0.717, 1.165) is 0 Å². The topological polar surface area (TPSA) is 60.7 Å². The van der Waals surface area contributed by atoms with Crippen LogP contribution in [0.5, 0.6) is 0 Å². The van der Waals surface area contributed by atoms with E-state index in [4.69, 9.17) is 15.3 Å². The fraction of sp³-hybridized carbons (Fsp3) is 1.00. The van der Waals surface area contributed by atoms with E-state index in [1.807, 2.05) is 0 Å². The molecule has 0 aromatic heterocycles. The number of hydrogen-bond donors (Lipinski definition) is 3. The van der Waals surface area contributed by atoms with Crippen LogP contribution in [0.25, 0.3) is 0 Å². The summed E-state index contributed by atoms with van der Waals surface area (Å²) in [7, 11) is 0. The molecule has 0 spiro atoms. The second-order valence-electron chi connectivity index (χ2n) is 1.66. The highest BCUT2D eigenvalue weighted by Gasteiger charge is 1.70. The first kappa shape index (κ1) is 22.4. The molecule has 0 aromatic rings. The molecule has 0 atom stereocenters. The van der Waals surface area contributed by atoms with Crippen LogP contribution < -0.4 is 0 Å². The summed E-state index contributed by atoms with van der Waals surface area (Å²) < 4.78 is 0. The number of aliphatic hydroxyl groups excluding tert-OH is 2. The molecular weight excluding hydrogens is 144 g/mol. The summed E-state index contributed by atoms with van der Waals surface area (Å²) in [5, 5.41) is 22.8. The van der Waals surface area contributed by atoms with Crippen molar-refractivity contribution in [1.82, 2.24) is 0 Å². The zero-order chi connectivity index (χ0) is 8.99. The molecule has 0 saturated carbocycles. The van der Waals surface area contributed by atoms with Crippen molar-refractivity contribution in [3.05, 3.63) is 0 Å². The molecule has 0 heterocycles. The number of aliphatic hydroxyl groups is 3. The van der Waals surface area contributed by atoms with Crippen LogP contribution in [0.1, 0.15) is 41.5 Å². The lowest BCUT2D eigenvalue weighted by molar-refractivity contribution is -0.0228. The molecule has 3 N–H and O–H groups in total. The zero-order valence-electron chi connectivity index (χ0n) is 7.33. The summed E-state index contributed by atoms with van der Waals surface area (Å²) in [5.74, 6) is 0. The van der Waals surface area contributed by atoms with Gasteiger partial charge >= 0.3 is 0 Å². The van der Waals surface area contributed by atoms with Crippen LogP contribution in [0.15, 0.2) is 0 Å². The van der Waals surface area contributed by atoms with E-state index in [1.54, 1.807) is 6.92 Å². The summed E-state index contributed by atoms with van der Waals surface area (Å²) in [5.41, 5.74) is 0. The first-order valence-corrected chi connectivity index (χ1v) is 3.53. The van der Waals surface area contributed by atoms with Gasteiger partial charge in [-0.15, -0.1) is 0 Å². The molecule has 0 rings (SSSR count). The van der Waals surface area contributed by atoms with Gasteiger partial charge in [0.25, 0.3) is 0 Å². The quantitative estimate of drug-likeness (QED) is 0.479. The highest BCUT2D eigenvalue weighted by Crippen LogP contribution is 1.57. The average Bonchev–Trinajstić information content (AvgIpc) is 1.65. The Kier molecular flexibility index (Phi) is 66.7. The maximum absolute atomic E-state index is 7.61. The monoisotopic (exact) mass is 168 g/mol. The average molecular weight is 168 g/mol. The molecule has 0 aliphatic heterocycles. The van der Waals surface area contributed by atoms with Crippen LogP contribution >= 0.6 is 0 Å². The summed E-state index contributed by atoms with van der Waals surface area (Å²) in [6, 6.07) is 0. The van der Waals surface area contributed by atoms with Crippen molar-refractivity contribution in [2.24, 2.45) is 0 Å². The molecule has 0 saturated heterocycles. The van der Waals surface area contributed by atoms with Crippen molar-refractivity contribution in [1.29, 1.82) is 0 Å². The van der Waals surface area contributed by atoms with Gasteiger partial charge in [-0.25, -0.2) is 0 Å². The van der Waals surface area contributed by atoms with Gasteiger partial charge in [0.2, 0.25) is 0 Å². The molecule has 3 nitrogen and oxygen atoms in total. The third kappa shape index (κ3) is 42600. The summed E-state index contributed by atoms with van der Waals surface area (Å²) >= 11 is 0. The standard InChI is InChI=1S/C3H8.C2H6O2.C2H6O.CH4/c1-3-2;1-2(3)4;1-2-3;/h3H2,1-2H3;2-4H,1H3;3H,2H2,1H3;1H4. The van der Waals surface area contributed by atoms with E-state index in [1.165, 1.54) is 13.3 Å². The van der Waals surface area contributed by atoms with E-state index in [2.05, 4.69) is 13.8 Å². The molecule has 0 radical (unpaired) electrons.